The maximum Gasteiger partial charge on any atom is 0.269 e. The Labute approximate surface area is 155 Å². The highest BCUT2D eigenvalue weighted by Gasteiger charge is 2.06. The predicted octanol–water partition coefficient (Wildman–Crippen LogP) is 3.46. The molecule has 1 amide bonds. The third-order valence-electron chi connectivity index (χ3n) is 4.20. The molecule has 2 aromatic carbocycles. The zero-order valence-corrected chi connectivity index (χ0v) is 14.8. The maximum atomic E-state index is 11.9. The van der Waals surface area contributed by atoms with Gasteiger partial charge < -0.3 is 15.0 Å². The van der Waals surface area contributed by atoms with E-state index in [9.17, 15) is 14.9 Å². The minimum Gasteiger partial charge on any atom is -0.497 e. The van der Waals surface area contributed by atoms with Gasteiger partial charge in [-0.3, -0.25) is 14.9 Å². The van der Waals surface area contributed by atoms with E-state index in [0.29, 0.717) is 13.0 Å². The summed E-state index contributed by atoms with van der Waals surface area (Å²) in [6, 6.07) is 11.9. The van der Waals surface area contributed by atoms with Crippen LogP contribution < -0.4 is 10.1 Å². The van der Waals surface area contributed by atoms with Crippen LogP contribution in [0.25, 0.3) is 17.0 Å². The van der Waals surface area contributed by atoms with Crippen LogP contribution in [0.3, 0.4) is 0 Å². The number of ether oxygens (including phenoxy) is 1. The molecule has 3 rings (SSSR count). The van der Waals surface area contributed by atoms with Crippen LogP contribution in [0.1, 0.15) is 11.1 Å². The number of amides is 1. The first-order valence-corrected chi connectivity index (χ1v) is 8.41. The number of benzene rings is 2. The number of H-pyrrole nitrogens is 1. The van der Waals surface area contributed by atoms with Crippen molar-refractivity contribution in [3.63, 3.8) is 0 Å². The summed E-state index contributed by atoms with van der Waals surface area (Å²) in [5, 5.41) is 14.6. The normalized spacial score (nSPS) is 11.0. The number of methoxy groups -OCH3 is 1. The smallest absolute Gasteiger partial charge is 0.269 e. The maximum absolute atomic E-state index is 11.9. The molecule has 0 unspecified atom stereocenters. The molecule has 27 heavy (non-hydrogen) atoms. The van der Waals surface area contributed by atoms with Crippen LogP contribution in [0.5, 0.6) is 5.75 Å². The first kappa shape index (κ1) is 18.2. The number of rotatable bonds is 7. The van der Waals surface area contributed by atoms with E-state index in [1.807, 2.05) is 24.4 Å². The van der Waals surface area contributed by atoms with E-state index in [0.717, 1.165) is 27.8 Å². The summed E-state index contributed by atoms with van der Waals surface area (Å²) >= 11 is 0. The molecule has 138 valence electrons. The minimum absolute atomic E-state index is 0.0213. The number of carbonyl (C=O) groups excluding carboxylic acids is 1. The molecule has 0 atom stereocenters. The van der Waals surface area contributed by atoms with Gasteiger partial charge in [0.1, 0.15) is 5.75 Å². The Kier molecular flexibility index (Phi) is 5.51. The van der Waals surface area contributed by atoms with Crippen LogP contribution >= 0.6 is 0 Å². The van der Waals surface area contributed by atoms with Crippen LogP contribution in [0.2, 0.25) is 0 Å². The van der Waals surface area contributed by atoms with Crippen molar-refractivity contribution in [1.82, 2.24) is 10.3 Å². The molecular formula is C20H19N3O4. The highest BCUT2D eigenvalue weighted by Crippen LogP contribution is 2.23. The second-order valence-electron chi connectivity index (χ2n) is 5.95. The van der Waals surface area contributed by atoms with Crippen molar-refractivity contribution in [3.05, 3.63) is 76.0 Å². The van der Waals surface area contributed by atoms with Gasteiger partial charge in [-0.05, 0) is 47.9 Å². The van der Waals surface area contributed by atoms with Crippen LogP contribution in [0, 0.1) is 10.1 Å². The number of hydrogen-bond donors (Lipinski definition) is 2. The van der Waals surface area contributed by atoms with E-state index in [2.05, 4.69) is 10.3 Å². The average molecular weight is 365 g/mol. The Morgan fingerprint density at radius 2 is 2.04 bits per heavy atom. The molecule has 0 radical (unpaired) electrons. The standard InChI is InChI=1S/C20H19N3O4/c1-27-17-7-8-18-15(13-22-19(18)12-17)10-11-21-20(24)9-4-14-2-5-16(6-3-14)23(25)26/h2-9,12-13,22H,10-11H2,1H3,(H,21,24). The number of hydrogen-bond acceptors (Lipinski definition) is 4. The first-order chi connectivity index (χ1) is 13.1. The lowest BCUT2D eigenvalue weighted by molar-refractivity contribution is -0.384. The molecular weight excluding hydrogens is 346 g/mol. The minimum atomic E-state index is -0.457. The number of fused-ring (bicyclic) bond motifs is 1. The molecule has 7 heteroatoms. The van der Waals surface area contributed by atoms with E-state index >= 15 is 0 Å². The van der Waals surface area contributed by atoms with Crippen molar-refractivity contribution < 1.29 is 14.5 Å². The van der Waals surface area contributed by atoms with Gasteiger partial charge in [0.05, 0.1) is 12.0 Å². The number of carbonyl (C=O) groups is 1. The van der Waals surface area contributed by atoms with Crippen LogP contribution in [-0.2, 0) is 11.2 Å². The summed E-state index contributed by atoms with van der Waals surface area (Å²) in [7, 11) is 1.63. The van der Waals surface area contributed by atoms with E-state index in [4.69, 9.17) is 4.74 Å². The molecule has 0 spiro atoms. The molecule has 0 fully saturated rings. The van der Waals surface area contributed by atoms with Gasteiger partial charge in [0.2, 0.25) is 5.91 Å². The summed E-state index contributed by atoms with van der Waals surface area (Å²) in [5.74, 6) is 0.579. The van der Waals surface area contributed by atoms with Gasteiger partial charge in [-0.25, -0.2) is 0 Å². The lowest BCUT2D eigenvalue weighted by atomic mass is 10.1. The Balaban J connectivity index is 1.53. The molecule has 0 aliphatic heterocycles. The number of nitrogens with one attached hydrogen (secondary N) is 2. The van der Waals surface area contributed by atoms with Gasteiger partial charge in [-0.1, -0.05) is 0 Å². The summed E-state index contributed by atoms with van der Waals surface area (Å²) in [6.45, 7) is 0.502. The topological polar surface area (TPSA) is 97.3 Å². The van der Waals surface area contributed by atoms with Gasteiger partial charge in [-0.2, -0.15) is 0 Å². The van der Waals surface area contributed by atoms with Crippen LogP contribution in [0.4, 0.5) is 5.69 Å². The molecule has 0 saturated heterocycles. The fourth-order valence-electron chi connectivity index (χ4n) is 2.76. The molecule has 0 saturated carbocycles. The Bertz CT molecular complexity index is 990. The van der Waals surface area contributed by atoms with Gasteiger partial charge in [0, 0.05) is 47.9 Å². The third kappa shape index (κ3) is 4.52. The highest BCUT2D eigenvalue weighted by molar-refractivity contribution is 5.91. The number of nitrogens with zero attached hydrogens (tertiary/aromatic N) is 1. The van der Waals surface area contributed by atoms with Gasteiger partial charge in [-0.15, -0.1) is 0 Å². The van der Waals surface area contributed by atoms with E-state index in [1.165, 1.54) is 18.2 Å². The Morgan fingerprint density at radius 1 is 1.26 bits per heavy atom. The van der Waals surface area contributed by atoms with Crippen molar-refractivity contribution in [2.24, 2.45) is 0 Å². The van der Waals surface area contributed by atoms with Gasteiger partial charge in [0.15, 0.2) is 0 Å². The second-order valence-corrected chi connectivity index (χ2v) is 5.95. The number of non-ortho nitro benzene ring substituents is 1. The number of aromatic nitrogens is 1. The Hall–Kier alpha value is -3.61. The third-order valence-corrected chi connectivity index (χ3v) is 4.20. The van der Waals surface area contributed by atoms with Gasteiger partial charge in [0.25, 0.3) is 5.69 Å². The lowest BCUT2D eigenvalue weighted by Crippen LogP contribution is -2.23. The molecule has 7 nitrogen and oxygen atoms in total. The number of nitro groups is 1. The molecule has 0 bridgehead atoms. The quantitative estimate of drug-likeness (QED) is 0.381. The summed E-state index contributed by atoms with van der Waals surface area (Å²) in [5.41, 5.74) is 2.86. The Morgan fingerprint density at radius 3 is 2.74 bits per heavy atom. The van der Waals surface area contributed by atoms with Crippen molar-refractivity contribution in [3.8, 4) is 5.75 Å². The zero-order valence-electron chi connectivity index (χ0n) is 14.8. The average Bonchev–Trinajstić information content (AvgIpc) is 3.08. The molecule has 0 aliphatic carbocycles. The molecule has 0 aliphatic rings. The fourth-order valence-corrected chi connectivity index (χ4v) is 2.76. The summed E-state index contributed by atoms with van der Waals surface area (Å²) < 4.78 is 5.21. The largest absolute Gasteiger partial charge is 0.497 e. The molecule has 3 aromatic rings. The van der Waals surface area contributed by atoms with Crippen molar-refractivity contribution in [2.45, 2.75) is 6.42 Å². The number of nitro benzene ring substituents is 1. The van der Waals surface area contributed by atoms with Crippen molar-refractivity contribution in [1.29, 1.82) is 0 Å². The van der Waals surface area contributed by atoms with E-state index < -0.39 is 4.92 Å². The summed E-state index contributed by atoms with van der Waals surface area (Å²) in [4.78, 5) is 25.3. The van der Waals surface area contributed by atoms with E-state index in [-0.39, 0.29) is 11.6 Å². The number of aromatic amines is 1. The van der Waals surface area contributed by atoms with E-state index in [1.54, 1.807) is 25.3 Å². The van der Waals surface area contributed by atoms with Gasteiger partial charge >= 0.3 is 0 Å². The SMILES string of the molecule is COc1ccc2c(CCNC(=O)C=Cc3ccc([N+](=O)[O-])cc3)c[nH]c2c1. The van der Waals surface area contributed by atoms with Crippen molar-refractivity contribution in [2.75, 3.05) is 13.7 Å². The van der Waals surface area contributed by atoms with Crippen molar-refractivity contribution >= 4 is 28.6 Å². The highest BCUT2D eigenvalue weighted by atomic mass is 16.6. The first-order valence-electron chi connectivity index (χ1n) is 8.41. The fraction of sp³-hybridized carbons (Fsp3) is 0.150. The second kappa shape index (κ2) is 8.18. The lowest BCUT2D eigenvalue weighted by Gasteiger charge is -2.03. The predicted molar refractivity (Wildman–Crippen MR) is 104 cm³/mol. The monoisotopic (exact) mass is 365 g/mol. The van der Waals surface area contributed by atoms with Crippen LogP contribution in [-0.4, -0.2) is 29.5 Å². The molecule has 2 N–H and O–H groups in total. The molecule has 1 heterocycles. The summed E-state index contributed by atoms with van der Waals surface area (Å²) in [6.07, 6.45) is 5.67. The zero-order chi connectivity index (χ0) is 19.2. The molecule has 1 aromatic heterocycles. The van der Waals surface area contributed by atoms with Crippen LogP contribution in [0.15, 0.2) is 54.7 Å².